The van der Waals surface area contributed by atoms with Crippen LogP contribution in [-0.2, 0) is 13.5 Å². The Bertz CT molecular complexity index is 1190. The van der Waals surface area contributed by atoms with E-state index >= 15 is 0 Å². The first-order chi connectivity index (χ1) is 15.1. The molecular formula is C20H15F9N2OS. The smallest absolute Gasteiger partial charge is 0.308 e. The Kier molecular flexibility index (Phi) is 6.33. The van der Waals surface area contributed by atoms with Crippen LogP contribution >= 0.6 is 11.3 Å². The third-order valence-electron chi connectivity index (χ3n) is 5.13. The minimum atomic E-state index is -7.00. The molecular weight excluding hydrogens is 487 g/mol. The predicted octanol–water partition coefficient (Wildman–Crippen LogP) is 6.18. The highest BCUT2D eigenvalue weighted by atomic mass is 32.1. The number of hydrogen-bond donors (Lipinski definition) is 0. The molecule has 0 amide bonds. The van der Waals surface area contributed by atoms with E-state index in [4.69, 9.17) is 0 Å². The summed E-state index contributed by atoms with van der Waals surface area (Å²) in [5, 5.41) is 1.52. The van der Waals surface area contributed by atoms with Gasteiger partial charge < -0.3 is 4.57 Å². The molecule has 0 aliphatic heterocycles. The molecule has 3 aromatic rings. The van der Waals surface area contributed by atoms with Crippen molar-refractivity contribution < 1.29 is 39.5 Å². The lowest BCUT2D eigenvalue weighted by atomic mass is 9.88. The third-order valence-corrected chi connectivity index (χ3v) is 6.03. The standard InChI is InChI=1S/C20H15F9N2OS/c1-31-14-7-3-2-6-13(14)30-15(16(31)32)11(9-12-5-4-8-33-12)10-17(21,22)18(23,24)19(25,26)20(27,28)29/h2-8,11H,9-10H2,1H3/t11-/m0/s1. The second-order valence-corrected chi connectivity index (χ2v) is 8.42. The molecule has 3 nitrogen and oxygen atoms in total. The molecule has 13 heteroatoms. The fraction of sp³-hybridized carbons (Fsp3) is 0.400. The molecule has 33 heavy (non-hydrogen) atoms. The van der Waals surface area contributed by atoms with E-state index in [-0.39, 0.29) is 11.0 Å². The summed E-state index contributed by atoms with van der Waals surface area (Å²) < 4.78 is 122. The van der Waals surface area contributed by atoms with Gasteiger partial charge in [0.25, 0.3) is 5.56 Å². The number of hydrogen-bond acceptors (Lipinski definition) is 3. The minimum Gasteiger partial charge on any atom is -0.308 e. The van der Waals surface area contributed by atoms with Crippen LogP contribution in [0.15, 0.2) is 46.6 Å². The number of alkyl halides is 9. The van der Waals surface area contributed by atoms with E-state index in [1.54, 1.807) is 6.07 Å². The van der Waals surface area contributed by atoms with Crippen molar-refractivity contribution in [3.63, 3.8) is 0 Å². The molecule has 3 rings (SSSR count). The topological polar surface area (TPSA) is 34.9 Å². The zero-order chi connectivity index (χ0) is 24.8. The lowest BCUT2D eigenvalue weighted by Crippen LogP contribution is -2.61. The second kappa shape index (κ2) is 8.33. The van der Waals surface area contributed by atoms with Gasteiger partial charge in [0.1, 0.15) is 5.69 Å². The summed E-state index contributed by atoms with van der Waals surface area (Å²) in [7, 11) is 1.27. The van der Waals surface area contributed by atoms with Gasteiger partial charge in [0.15, 0.2) is 0 Å². The van der Waals surface area contributed by atoms with Crippen molar-refractivity contribution in [2.45, 2.75) is 42.7 Å². The molecule has 180 valence electrons. The van der Waals surface area contributed by atoms with Crippen LogP contribution in [0.4, 0.5) is 39.5 Å². The highest BCUT2D eigenvalue weighted by Crippen LogP contribution is 2.55. The van der Waals surface area contributed by atoms with Gasteiger partial charge in [-0.25, -0.2) is 4.98 Å². The molecule has 1 atom stereocenters. The predicted molar refractivity (Wildman–Crippen MR) is 103 cm³/mol. The van der Waals surface area contributed by atoms with E-state index in [0.717, 1.165) is 15.9 Å². The molecule has 0 fully saturated rings. The maximum Gasteiger partial charge on any atom is 0.460 e. The first kappa shape index (κ1) is 25.1. The van der Waals surface area contributed by atoms with Gasteiger partial charge in [0, 0.05) is 24.3 Å². The van der Waals surface area contributed by atoms with Crippen molar-refractivity contribution in [2.75, 3.05) is 0 Å². The average Bonchev–Trinajstić information content (AvgIpc) is 3.22. The molecule has 0 saturated carbocycles. The molecule has 2 aromatic heterocycles. The summed E-state index contributed by atoms with van der Waals surface area (Å²) in [6.07, 6.45) is -9.58. The second-order valence-electron chi connectivity index (χ2n) is 7.39. The van der Waals surface area contributed by atoms with E-state index in [9.17, 15) is 44.3 Å². The monoisotopic (exact) mass is 502 g/mol. The number of benzene rings is 1. The van der Waals surface area contributed by atoms with Crippen LogP contribution < -0.4 is 5.56 Å². The third kappa shape index (κ3) is 4.34. The van der Waals surface area contributed by atoms with Gasteiger partial charge in [0.2, 0.25) is 0 Å². The van der Waals surface area contributed by atoms with Gasteiger partial charge in [-0.2, -0.15) is 39.5 Å². The maximum absolute atomic E-state index is 14.5. The van der Waals surface area contributed by atoms with Crippen LogP contribution in [0.3, 0.4) is 0 Å². The molecule has 0 spiro atoms. The Morgan fingerprint density at radius 3 is 2.15 bits per heavy atom. The van der Waals surface area contributed by atoms with Crippen molar-refractivity contribution in [2.24, 2.45) is 7.05 Å². The first-order valence-corrected chi connectivity index (χ1v) is 10.2. The van der Waals surface area contributed by atoms with Crippen molar-refractivity contribution in [3.05, 3.63) is 62.7 Å². The molecule has 0 N–H and O–H groups in total. The number of aromatic nitrogens is 2. The summed E-state index contributed by atoms with van der Waals surface area (Å²) >= 11 is 1.01. The van der Waals surface area contributed by atoms with Crippen LogP contribution in [-0.4, -0.2) is 33.5 Å². The fourth-order valence-corrected chi connectivity index (χ4v) is 4.14. The SMILES string of the molecule is Cn1c(=O)c([C@@H](Cc2cccs2)CC(F)(F)C(F)(F)C(F)(F)C(F)(F)F)nc2ccccc21. The fourth-order valence-electron chi connectivity index (χ4n) is 3.35. The summed E-state index contributed by atoms with van der Waals surface area (Å²) in [6.45, 7) is 0. The van der Waals surface area contributed by atoms with Gasteiger partial charge in [-0.05, 0) is 30.0 Å². The Morgan fingerprint density at radius 2 is 1.58 bits per heavy atom. The van der Waals surface area contributed by atoms with Crippen molar-refractivity contribution in [3.8, 4) is 0 Å². The maximum atomic E-state index is 14.5. The zero-order valence-electron chi connectivity index (χ0n) is 16.6. The summed E-state index contributed by atoms with van der Waals surface area (Å²) in [5.41, 5.74) is -1.20. The van der Waals surface area contributed by atoms with Crippen LogP contribution in [0.2, 0.25) is 0 Å². The number of fused-ring (bicyclic) bond motifs is 1. The molecule has 0 bridgehead atoms. The van der Waals surface area contributed by atoms with Crippen LogP contribution in [0.25, 0.3) is 11.0 Å². The van der Waals surface area contributed by atoms with Gasteiger partial charge in [-0.1, -0.05) is 18.2 Å². The number of thiophene rings is 1. The van der Waals surface area contributed by atoms with Crippen molar-refractivity contribution in [1.29, 1.82) is 0 Å². The largest absolute Gasteiger partial charge is 0.460 e. The molecule has 1 aromatic carbocycles. The number of rotatable bonds is 7. The van der Waals surface area contributed by atoms with Gasteiger partial charge in [-0.15, -0.1) is 11.3 Å². The molecule has 0 aliphatic rings. The molecule has 0 aliphatic carbocycles. The zero-order valence-corrected chi connectivity index (χ0v) is 17.5. The molecule has 0 unspecified atom stereocenters. The van der Waals surface area contributed by atoms with Crippen LogP contribution in [0, 0.1) is 0 Å². The van der Waals surface area contributed by atoms with Gasteiger partial charge >= 0.3 is 23.9 Å². The van der Waals surface area contributed by atoms with E-state index < -0.39 is 54.0 Å². The Hall–Kier alpha value is -2.57. The molecule has 0 saturated heterocycles. The van der Waals surface area contributed by atoms with Gasteiger partial charge in [-0.3, -0.25) is 4.79 Å². The first-order valence-electron chi connectivity index (χ1n) is 9.28. The minimum absolute atomic E-state index is 0.126. The van der Waals surface area contributed by atoms with E-state index in [0.29, 0.717) is 4.88 Å². The number of nitrogens with zero attached hydrogens (tertiary/aromatic N) is 2. The highest BCUT2D eigenvalue weighted by molar-refractivity contribution is 7.09. The van der Waals surface area contributed by atoms with Crippen LogP contribution in [0.1, 0.15) is 22.9 Å². The number of para-hydroxylation sites is 2. The van der Waals surface area contributed by atoms with E-state index in [2.05, 4.69) is 4.98 Å². The van der Waals surface area contributed by atoms with Crippen LogP contribution in [0.5, 0.6) is 0 Å². The normalized spacial score (nSPS) is 14.6. The number of aryl methyl sites for hydroxylation is 1. The number of halogens is 9. The van der Waals surface area contributed by atoms with Crippen molar-refractivity contribution in [1.82, 2.24) is 9.55 Å². The lowest BCUT2D eigenvalue weighted by Gasteiger charge is -2.35. The highest BCUT2D eigenvalue weighted by Gasteiger charge is 2.81. The Labute approximate surface area is 184 Å². The molecule has 0 radical (unpaired) electrons. The summed E-state index contributed by atoms with van der Waals surface area (Å²) in [5.74, 6) is -21.5. The summed E-state index contributed by atoms with van der Waals surface area (Å²) in [6, 6.07) is 8.86. The molecule has 2 heterocycles. The average molecular weight is 502 g/mol. The lowest BCUT2D eigenvalue weighted by molar-refractivity contribution is -0.397. The van der Waals surface area contributed by atoms with Gasteiger partial charge in [0.05, 0.1) is 11.0 Å². The van der Waals surface area contributed by atoms with Crippen molar-refractivity contribution >= 4 is 22.4 Å². The quantitative estimate of drug-likeness (QED) is 0.362. The Balaban J connectivity index is 2.12. The van der Waals surface area contributed by atoms with E-state index in [1.165, 1.54) is 42.8 Å². The Morgan fingerprint density at radius 1 is 0.939 bits per heavy atom. The summed E-state index contributed by atoms with van der Waals surface area (Å²) in [4.78, 5) is 17.1. The van der Waals surface area contributed by atoms with E-state index in [1.807, 2.05) is 0 Å².